The summed E-state index contributed by atoms with van der Waals surface area (Å²) < 4.78 is 11.4. The van der Waals surface area contributed by atoms with E-state index in [1.54, 1.807) is 30.3 Å². The lowest BCUT2D eigenvalue weighted by molar-refractivity contribution is 0.0886. The number of aromatic nitrogens is 4. The van der Waals surface area contributed by atoms with Crippen molar-refractivity contribution in [2.24, 2.45) is 0 Å². The average Bonchev–Trinajstić information content (AvgIpc) is 3.33. The van der Waals surface area contributed by atoms with Crippen LogP contribution in [0.15, 0.2) is 55.0 Å². The van der Waals surface area contributed by atoms with Gasteiger partial charge in [-0.05, 0) is 20.0 Å². The van der Waals surface area contributed by atoms with Crippen molar-refractivity contribution < 1.29 is 14.3 Å². The maximum absolute atomic E-state index is 13.0. The van der Waals surface area contributed by atoms with E-state index in [0.29, 0.717) is 29.3 Å². The standard InChI is InChI=1S/C25H26N6O3/c1-16-14-30(2)9-10-31(16)25(32)34-22-11-18-20(12-21(22)33-3)26-15-27-24(18)19-13-28-29-23(19)17-7-5-4-6-8-17/h4-8,11-13,15-16H,9-10,14H2,1-3H3,(H,28,29). The number of hydrogen-bond acceptors (Lipinski definition) is 7. The quantitative estimate of drug-likeness (QED) is 0.496. The van der Waals surface area contributed by atoms with Gasteiger partial charge in [0.15, 0.2) is 11.5 Å². The Labute approximate surface area is 197 Å². The third kappa shape index (κ3) is 4.06. The highest BCUT2D eigenvalue weighted by molar-refractivity contribution is 5.97. The molecule has 1 saturated heterocycles. The van der Waals surface area contributed by atoms with Crippen LogP contribution in [0.25, 0.3) is 33.4 Å². The molecule has 9 heteroatoms. The largest absolute Gasteiger partial charge is 0.493 e. The number of benzene rings is 2. The van der Waals surface area contributed by atoms with Crippen LogP contribution in [0.5, 0.6) is 11.5 Å². The number of methoxy groups -OCH3 is 1. The second-order valence-corrected chi connectivity index (χ2v) is 8.44. The molecule has 1 unspecified atom stereocenters. The van der Waals surface area contributed by atoms with Crippen LogP contribution in [0.4, 0.5) is 4.79 Å². The lowest BCUT2D eigenvalue weighted by atomic mass is 10.0. The molecule has 0 saturated carbocycles. The van der Waals surface area contributed by atoms with Gasteiger partial charge in [-0.2, -0.15) is 5.10 Å². The van der Waals surface area contributed by atoms with Gasteiger partial charge in [-0.1, -0.05) is 30.3 Å². The number of amides is 1. The summed E-state index contributed by atoms with van der Waals surface area (Å²) in [5.41, 5.74) is 4.03. The zero-order valence-electron chi connectivity index (χ0n) is 19.4. The molecule has 2 aromatic carbocycles. The van der Waals surface area contributed by atoms with Crippen LogP contribution in [0, 0.1) is 0 Å². The van der Waals surface area contributed by atoms with Crippen LogP contribution in [0.1, 0.15) is 6.92 Å². The number of nitrogens with zero attached hydrogens (tertiary/aromatic N) is 5. The van der Waals surface area contributed by atoms with Crippen molar-refractivity contribution in [1.82, 2.24) is 30.0 Å². The molecule has 0 spiro atoms. The van der Waals surface area contributed by atoms with E-state index < -0.39 is 6.09 Å². The molecular formula is C25H26N6O3. The SMILES string of the molecule is COc1cc2ncnc(-c3cn[nH]c3-c3ccccc3)c2cc1OC(=O)N1CCN(C)CC1C. The molecule has 0 radical (unpaired) electrons. The number of carbonyl (C=O) groups is 1. The molecule has 1 aliphatic rings. The second kappa shape index (κ2) is 9.11. The van der Waals surface area contributed by atoms with Crippen molar-refractivity contribution in [2.75, 3.05) is 33.8 Å². The fourth-order valence-corrected chi connectivity index (χ4v) is 4.37. The first-order valence-electron chi connectivity index (χ1n) is 11.1. The highest BCUT2D eigenvalue weighted by Gasteiger charge is 2.28. The highest BCUT2D eigenvalue weighted by atomic mass is 16.6. The Hall–Kier alpha value is -3.98. The Kier molecular flexibility index (Phi) is 5.85. The summed E-state index contributed by atoms with van der Waals surface area (Å²) in [5, 5.41) is 8.06. The van der Waals surface area contributed by atoms with Crippen molar-refractivity contribution in [2.45, 2.75) is 13.0 Å². The van der Waals surface area contributed by atoms with Crippen molar-refractivity contribution >= 4 is 17.0 Å². The van der Waals surface area contributed by atoms with E-state index in [2.05, 4.69) is 25.1 Å². The van der Waals surface area contributed by atoms with E-state index >= 15 is 0 Å². The minimum atomic E-state index is -0.398. The molecule has 0 bridgehead atoms. The molecule has 1 amide bonds. The smallest absolute Gasteiger partial charge is 0.415 e. The van der Waals surface area contributed by atoms with Gasteiger partial charge in [0, 0.05) is 48.3 Å². The molecule has 9 nitrogen and oxygen atoms in total. The average molecular weight is 459 g/mol. The second-order valence-electron chi connectivity index (χ2n) is 8.44. The third-order valence-corrected chi connectivity index (χ3v) is 6.14. The summed E-state index contributed by atoms with van der Waals surface area (Å²) in [7, 11) is 3.59. The Morgan fingerprint density at radius 1 is 1.12 bits per heavy atom. The Balaban J connectivity index is 1.55. The van der Waals surface area contributed by atoms with Gasteiger partial charge in [0.05, 0.1) is 30.2 Å². The minimum absolute atomic E-state index is 0.0518. The van der Waals surface area contributed by atoms with Gasteiger partial charge >= 0.3 is 6.09 Å². The predicted octanol–water partition coefficient (Wildman–Crippen LogP) is 3.83. The number of hydrogen-bond donors (Lipinski definition) is 1. The molecule has 174 valence electrons. The Morgan fingerprint density at radius 2 is 1.94 bits per heavy atom. The van der Waals surface area contributed by atoms with Crippen molar-refractivity contribution in [3.8, 4) is 34.0 Å². The van der Waals surface area contributed by atoms with Crippen molar-refractivity contribution in [3.63, 3.8) is 0 Å². The van der Waals surface area contributed by atoms with E-state index in [9.17, 15) is 4.79 Å². The topological polar surface area (TPSA) is 96.5 Å². The van der Waals surface area contributed by atoms with Crippen LogP contribution in [0.2, 0.25) is 0 Å². The maximum Gasteiger partial charge on any atom is 0.415 e. The number of ether oxygens (including phenoxy) is 2. The van der Waals surface area contributed by atoms with Crippen molar-refractivity contribution in [1.29, 1.82) is 0 Å². The van der Waals surface area contributed by atoms with E-state index in [1.807, 2.05) is 44.3 Å². The predicted molar refractivity (Wildman–Crippen MR) is 129 cm³/mol. The first kappa shape index (κ1) is 21.8. The third-order valence-electron chi connectivity index (χ3n) is 6.14. The van der Waals surface area contributed by atoms with Crippen LogP contribution in [-0.4, -0.2) is 75.9 Å². The first-order chi connectivity index (χ1) is 16.5. The molecule has 1 N–H and O–H groups in total. The zero-order valence-corrected chi connectivity index (χ0v) is 19.4. The normalized spacial score (nSPS) is 16.6. The van der Waals surface area contributed by atoms with Crippen LogP contribution < -0.4 is 9.47 Å². The van der Waals surface area contributed by atoms with Gasteiger partial charge in [0.25, 0.3) is 0 Å². The number of rotatable bonds is 4. The summed E-state index contributed by atoms with van der Waals surface area (Å²) in [6, 6.07) is 13.5. The number of nitrogens with one attached hydrogen (secondary N) is 1. The molecule has 0 aliphatic carbocycles. The van der Waals surface area contributed by atoms with Crippen LogP contribution >= 0.6 is 0 Å². The van der Waals surface area contributed by atoms with Crippen LogP contribution in [-0.2, 0) is 0 Å². The van der Waals surface area contributed by atoms with Gasteiger partial charge in [-0.15, -0.1) is 0 Å². The number of piperazine rings is 1. The van der Waals surface area contributed by atoms with E-state index in [-0.39, 0.29) is 6.04 Å². The fraction of sp³-hybridized carbons (Fsp3) is 0.280. The Bertz CT molecular complexity index is 1320. The number of H-pyrrole nitrogens is 1. The molecule has 2 aromatic heterocycles. The number of likely N-dealkylation sites (N-methyl/N-ethyl adjacent to an activating group) is 1. The molecule has 4 aromatic rings. The van der Waals surface area contributed by atoms with Gasteiger partial charge in [-0.25, -0.2) is 14.8 Å². The molecule has 1 fully saturated rings. The van der Waals surface area contributed by atoms with Gasteiger partial charge in [-0.3, -0.25) is 5.10 Å². The summed E-state index contributed by atoms with van der Waals surface area (Å²) in [4.78, 5) is 25.9. The molecule has 34 heavy (non-hydrogen) atoms. The molecule has 5 rings (SSSR count). The van der Waals surface area contributed by atoms with Crippen LogP contribution in [0.3, 0.4) is 0 Å². The summed E-state index contributed by atoms with van der Waals surface area (Å²) in [6.45, 7) is 4.22. The fourth-order valence-electron chi connectivity index (χ4n) is 4.37. The summed E-state index contributed by atoms with van der Waals surface area (Å²) in [5.74, 6) is 0.759. The maximum atomic E-state index is 13.0. The minimum Gasteiger partial charge on any atom is -0.493 e. The Morgan fingerprint density at radius 3 is 2.71 bits per heavy atom. The monoisotopic (exact) mass is 458 g/mol. The van der Waals surface area contributed by atoms with Gasteiger partial charge < -0.3 is 19.3 Å². The number of aromatic amines is 1. The summed E-state index contributed by atoms with van der Waals surface area (Å²) in [6.07, 6.45) is 2.85. The van der Waals surface area contributed by atoms with Crippen molar-refractivity contribution in [3.05, 3.63) is 55.0 Å². The molecule has 1 aliphatic heterocycles. The highest BCUT2D eigenvalue weighted by Crippen LogP contribution is 2.38. The summed E-state index contributed by atoms with van der Waals surface area (Å²) >= 11 is 0. The van der Waals surface area contributed by atoms with E-state index in [4.69, 9.17) is 9.47 Å². The first-order valence-corrected chi connectivity index (χ1v) is 11.1. The molecule has 1 atom stereocenters. The zero-order chi connectivity index (χ0) is 23.7. The number of fused-ring (bicyclic) bond motifs is 1. The van der Waals surface area contributed by atoms with E-state index in [1.165, 1.54) is 6.33 Å². The van der Waals surface area contributed by atoms with Gasteiger partial charge in [0.1, 0.15) is 6.33 Å². The molecule has 3 heterocycles. The lowest BCUT2D eigenvalue weighted by Crippen LogP contribution is -2.53. The number of carbonyl (C=O) groups excluding carboxylic acids is 1. The molecular weight excluding hydrogens is 432 g/mol. The van der Waals surface area contributed by atoms with E-state index in [0.717, 1.165) is 35.3 Å². The lowest BCUT2D eigenvalue weighted by Gasteiger charge is -2.37. The van der Waals surface area contributed by atoms with Gasteiger partial charge in [0.2, 0.25) is 0 Å².